The number of aromatic nitrogens is 4. The fourth-order valence-corrected chi connectivity index (χ4v) is 3.92. The number of amides is 1. The lowest BCUT2D eigenvalue weighted by molar-refractivity contribution is -0.137. The van der Waals surface area contributed by atoms with Gasteiger partial charge in [0.1, 0.15) is 11.8 Å². The maximum absolute atomic E-state index is 13.1. The van der Waals surface area contributed by atoms with E-state index in [1.807, 2.05) is 0 Å². The topological polar surface area (TPSA) is 111 Å². The van der Waals surface area contributed by atoms with Crippen molar-refractivity contribution in [2.75, 3.05) is 31.6 Å². The van der Waals surface area contributed by atoms with Crippen molar-refractivity contribution >= 4 is 47.2 Å². The average Bonchev–Trinajstić information content (AvgIpc) is 3.51. The first-order chi connectivity index (χ1) is 17.6. The molecular weight excluding hydrogens is 515 g/mol. The maximum atomic E-state index is 13.1. The molecule has 2 aromatic heterocycles. The number of morpholine rings is 1. The molecule has 1 aliphatic heterocycles. The van der Waals surface area contributed by atoms with Gasteiger partial charge in [-0.15, -0.1) is 0 Å². The molecule has 0 aliphatic carbocycles. The molecule has 1 N–H and O–H groups in total. The van der Waals surface area contributed by atoms with Gasteiger partial charge in [-0.05, 0) is 38.8 Å². The second-order valence-corrected chi connectivity index (χ2v) is 8.56. The van der Waals surface area contributed by atoms with Gasteiger partial charge >= 0.3 is 6.18 Å². The van der Waals surface area contributed by atoms with Crippen molar-refractivity contribution in [3.63, 3.8) is 0 Å². The van der Waals surface area contributed by atoms with Crippen LogP contribution in [0.5, 0.6) is 0 Å². The molecule has 3 aromatic rings. The van der Waals surface area contributed by atoms with Crippen LogP contribution in [0.1, 0.15) is 31.3 Å². The SMILES string of the molecule is C=N/C(=C\C=C(/C)C(=O)N1CCOCC1)n1ncnc1[C@H](C)Nc1nc2cc(C(F)(F)F)cc(Cl)c2o1. The molecule has 0 bridgehead atoms. The van der Waals surface area contributed by atoms with Crippen molar-refractivity contribution in [2.24, 2.45) is 4.99 Å². The number of aliphatic imine (C=N–C) groups is 1. The van der Waals surface area contributed by atoms with Crippen LogP contribution >= 0.6 is 11.6 Å². The van der Waals surface area contributed by atoms with Crippen molar-refractivity contribution in [2.45, 2.75) is 26.1 Å². The van der Waals surface area contributed by atoms with Gasteiger partial charge in [-0.3, -0.25) is 4.79 Å². The zero-order valence-electron chi connectivity index (χ0n) is 19.9. The zero-order valence-corrected chi connectivity index (χ0v) is 20.7. The number of carbonyl (C=O) groups excluding carboxylic acids is 1. The van der Waals surface area contributed by atoms with Crippen LogP contribution in [0.15, 0.2) is 45.6 Å². The normalized spacial score (nSPS) is 16.2. The minimum atomic E-state index is -4.58. The first-order valence-corrected chi connectivity index (χ1v) is 11.5. The smallest absolute Gasteiger partial charge is 0.416 e. The standard InChI is InChI=1S/C23H23ClF3N7O3/c1-13(21(35)33-6-8-36-9-7-33)4-5-18(28-3)34-20(29-12-30-34)14(2)31-22-32-17-11-15(23(25,26)27)10-16(24)19(17)37-22/h4-5,10-12,14H,3,6-9H2,1-2H3,(H,31,32)/b13-4+,18-5+/t14-/m0/s1. The van der Waals surface area contributed by atoms with Crippen LogP contribution < -0.4 is 5.32 Å². The fourth-order valence-electron chi connectivity index (χ4n) is 3.67. The van der Waals surface area contributed by atoms with Crippen LogP contribution in [0, 0.1) is 0 Å². The number of oxazole rings is 1. The molecule has 4 rings (SSSR count). The Morgan fingerprint density at radius 2 is 2.03 bits per heavy atom. The number of allylic oxidation sites excluding steroid dienone is 2. The molecule has 196 valence electrons. The highest BCUT2D eigenvalue weighted by molar-refractivity contribution is 6.34. The summed E-state index contributed by atoms with van der Waals surface area (Å²) in [7, 11) is 0. The monoisotopic (exact) mass is 537 g/mol. The molecule has 1 amide bonds. The Morgan fingerprint density at radius 3 is 2.70 bits per heavy atom. The minimum absolute atomic E-state index is 0.0183. The molecule has 1 saturated heterocycles. The molecule has 1 aliphatic rings. The van der Waals surface area contributed by atoms with E-state index >= 15 is 0 Å². The first kappa shape index (κ1) is 26.4. The molecule has 1 aromatic carbocycles. The highest BCUT2D eigenvalue weighted by Gasteiger charge is 2.32. The summed E-state index contributed by atoms with van der Waals surface area (Å²) in [6.45, 7) is 9.04. The van der Waals surface area contributed by atoms with Crippen molar-refractivity contribution in [3.8, 4) is 0 Å². The van der Waals surface area contributed by atoms with Gasteiger partial charge in [0, 0.05) is 18.7 Å². The predicted molar refractivity (Wildman–Crippen MR) is 131 cm³/mol. The maximum Gasteiger partial charge on any atom is 0.416 e. The summed E-state index contributed by atoms with van der Waals surface area (Å²) >= 11 is 5.98. The third kappa shape index (κ3) is 5.83. The summed E-state index contributed by atoms with van der Waals surface area (Å²) in [5.74, 6) is 0.569. The third-order valence-electron chi connectivity index (χ3n) is 5.57. The highest BCUT2D eigenvalue weighted by Crippen LogP contribution is 2.36. The number of alkyl halides is 3. The summed E-state index contributed by atoms with van der Waals surface area (Å²) in [4.78, 5) is 26.7. The molecule has 0 unspecified atom stereocenters. The highest BCUT2D eigenvalue weighted by atomic mass is 35.5. The zero-order chi connectivity index (χ0) is 26.7. The third-order valence-corrected chi connectivity index (χ3v) is 5.85. The van der Waals surface area contributed by atoms with Crippen LogP contribution in [0.3, 0.4) is 0 Å². The molecule has 3 heterocycles. The second kappa shape index (κ2) is 10.7. The lowest BCUT2D eigenvalue weighted by Gasteiger charge is -2.27. The Hall–Kier alpha value is -3.71. The van der Waals surface area contributed by atoms with Crippen LogP contribution in [-0.2, 0) is 15.7 Å². The lowest BCUT2D eigenvalue weighted by atomic mass is 10.2. The van der Waals surface area contributed by atoms with Gasteiger partial charge in [0.2, 0.25) is 5.91 Å². The van der Waals surface area contributed by atoms with Gasteiger partial charge in [0.25, 0.3) is 6.01 Å². The van der Waals surface area contributed by atoms with E-state index in [4.69, 9.17) is 20.8 Å². The number of ether oxygens (including phenoxy) is 1. The van der Waals surface area contributed by atoms with E-state index in [0.29, 0.717) is 43.5 Å². The van der Waals surface area contributed by atoms with Crippen LogP contribution in [0.25, 0.3) is 16.9 Å². The largest absolute Gasteiger partial charge is 0.422 e. The van der Waals surface area contributed by atoms with Gasteiger partial charge in [0.05, 0.1) is 29.8 Å². The van der Waals surface area contributed by atoms with Crippen LogP contribution in [0.2, 0.25) is 5.02 Å². The van der Waals surface area contributed by atoms with E-state index in [2.05, 4.69) is 32.1 Å². The molecule has 10 nitrogen and oxygen atoms in total. The molecule has 0 radical (unpaired) electrons. The van der Waals surface area contributed by atoms with E-state index < -0.39 is 17.8 Å². The summed E-state index contributed by atoms with van der Waals surface area (Å²) in [5, 5.41) is 6.92. The number of hydrogen-bond acceptors (Lipinski definition) is 8. The van der Waals surface area contributed by atoms with Crippen LogP contribution in [-0.4, -0.2) is 63.6 Å². The Kier molecular flexibility index (Phi) is 7.64. The van der Waals surface area contributed by atoms with E-state index in [1.54, 1.807) is 30.9 Å². The number of hydrogen-bond donors (Lipinski definition) is 1. The Labute approximate surface area is 214 Å². The van der Waals surface area contributed by atoms with E-state index in [1.165, 1.54) is 11.0 Å². The predicted octanol–water partition coefficient (Wildman–Crippen LogP) is 4.57. The number of anilines is 1. The van der Waals surface area contributed by atoms with Gasteiger partial charge in [-0.2, -0.15) is 27.9 Å². The van der Waals surface area contributed by atoms with Crippen molar-refractivity contribution in [1.29, 1.82) is 0 Å². The summed E-state index contributed by atoms with van der Waals surface area (Å²) in [6, 6.07) is 1.02. The van der Waals surface area contributed by atoms with Gasteiger partial charge in [-0.1, -0.05) is 17.7 Å². The number of nitrogens with one attached hydrogen (secondary N) is 1. The van der Waals surface area contributed by atoms with E-state index in [-0.39, 0.29) is 28.0 Å². The molecular formula is C23H23ClF3N7O3. The molecule has 37 heavy (non-hydrogen) atoms. The molecule has 0 spiro atoms. The Morgan fingerprint density at radius 1 is 1.30 bits per heavy atom. The lowest BCUT2D eigenvalue weighted by Crippen LogP contribution is -2.41. The van der Waals surface area contributed by atoms with Gasteiger partial charge in [0.15, 0.2) is 17.2 Å². The quantitative estimate of drug-likeness (QED) is 0.267. The van der Waals surface area contributed by atoms with E-state index in [9.17, 15) is 18.0 Å². The number of benzene rings is 1. The summed E-state index contributed by atoms with van der Waals surface area (Å²) in [5.41, 5.74) is -0.461. The Balaban J connectivity index is 1.54. The Bertz CT molecular complexity index is 1370. The summed E-state index contributed by atoms with van der Waals surface area (Å²) in [6.07, 6.45) is -0.0650. The van der Waals surface area contributed by atoms with Crippen molar-refractivity contribution in [3.05, 3.63) is 52.6 Å². The first-order valence-electron chi connectivity index (χ1n) is 11.1. The average molecular weight is 538 g/mol. The molecule has 1 atom stereocenters. The molecule has 0 saturated carbocycles. The number of nitrogens with zero attached hydrogens (tertiary/aromatic N) is 6. The number of halogens is 4. The fraction of sp³-hybridized carbons (Fsp3) is 0.348. The number of fused-ring (bicyclic) bond motifs is 1. The van der Waals surface area contributed by atoms with E-state index in [0.717, 1.165) is 12.1 Å². The molecule has 14 heteroatoms. The van der Waals surface area contributed by atoms with Gasteiger partial charge in [-0.25, -0.2) is 9.98 Å². The van der Waals surface area contributed by atoms with Crippen molar-refractivity contribution in [1.82, 2.24) is 24.6 Å². The van der Waals surface area contributed by atoms with Crippen molar-refractivity contribution < 1.29 is 27.1 Å². The van der Waals surface area contributed by atoms with Crippen LogP contribution in [0.4, 0.5) is 19.2 Å². The minimum Gasteiger partial charge on any atom is -0.422 e. The second-order valence-electron chi connectivity index (χ2n) is 8.16. The molecule has 1 fully saturated rings. The number of carbonyl (C=O) groups is 1. The summed E-state index contributed by atoms with van der Waals surface area (Å²) < 4.78 is 51.5. The van der Waals surface area contributed by atoms with Gasteiger partial charge < -0.3 is 19.4 Å². The number of rotatable bonds is 7.